The average molecular weight is 330 g/mol. The molecule has 1 aromatic carbocycles. The van der Waals surface area contributed by atoms with Crippen molar-refractivity contribution in [3.05, 3.63) is 36.2 Å². The fourth-order valence-electron chi connectivity index (χ4n) is 2.22. The molecule has 0 aliphatic carbocycles. The van der Waals surface area contributed by atoms with Gasteiger partial charge in [0.25, 0.3) is 0 Å². The van der Waals surface area contributed by atoms with E-state index in [1.165, 1.54) is 10.9 Å². The highest BCUT2D eigenvalue weighted by Crippen LogP contribution is 2.22. The molecule has 2 aromatic rings. The van der Waals surface area contributed by atoms with E-state index in [-0.39, 0.29) is 17.0 Å². The largest absolute Gasteiger partial charge is 0.476 e. The lowest BCUT2D eigenvalue weighted by atomic mass is 9.90. The highest BCUT2D eigenvalue weighted by molar-refractivity contribution is 5.91. The molecular formula is C17H22N4O3. The summed E-state index contributed by atoms with van der Waals surface area (Å²) in [5.74, 6) is -1.18. The summed E-state index contributed by atoms with van der Waals surface area (Å²) < 4.78 is 1.36. The quantitative estimate of drug-likeness (QED) is 0.848. The molecule has 2 rings (SSSR count). The monoisotopic (exact) mass is 330 g/mol. The second kappa shape index (κ2) is 7.25. The molecule has 0 bridgehead atoms. The fraction of sp³-hybridized carbons (Fsp3) is 0.412. The van der Waals surface area contributed by atoms with Gasteiger partial charge in [0, 0.05) is 12.1 Å². The van der Waals surface area contributed by atoms with Gasteiger partial charge < -0.3 is 10.4 Å². The van der Waals surface area contributed by atoms with E-state index < -0.39 is 5.97 Å². The summed E-state index contributed by atoms with van der Waals surface area (Å²) in [7, 11) is 0. The number of nitrogens with one attached hydrogen (secondary N) is 1. The Kier molecular flexibility index (Phi) is 5.33. The van der Waals surface area contributed by atoms with Gasteiger partial charge in [0.15, 0.2) is 5.69 Å². The molecule has 1 amide bonds. The number of hydrogen-bond acceptors (Lipinski definition) is 4. The van der Waals surface area contributed by atoms with Crippen LogP contribution in [0.1, 0.15) is 50.5 Å². The molecule has 2 N–H and O–H groups in total. The number of carbonyl (C=O) groups excluding carboxylic acids is 1. The Hall–Kier alpha value is -2.70. The van der Waals surface area contributed by atoms with Gasteiger partial charge in [-0.1, -0.05) is 32.1 Å². The highest BCUT2D eigenvalue weighted by atomic mass is 16.4. The number of nitrogens with zero attached hydrogens (tertiary/aromatic N) is 3. The lowest BCUT2D eigenvalue weighted by Gasteiger charge is -2.17. The number of carbonyl (C=O) groups is 2. The second-order valence-electron chi connectivity index (χ2n) is 6.87. The number of aromatic nitrogens is 3. The topological polar surface area (TPSA) is 97.1 Å². The van der Waals surface area contributed by atoms with Crippen molar-refractivity contribution in [1.82, 2.24) is 15.0 Å². The number of rotatable bonds is 6. The second-order valence-corrected chi connectivity index (χ2v) is 6.87. The molecule has 0 saturated carbocycles. The molecule has 0 aliphatic rings. The molecule has 7 heteroatoms. The molecule has 0 fully saturated rings. The molecule has 0 radical (unpaired) electrons. The third kappa shape index (κ3) is 5.19. The molecule has 1 aromatic heterocycles. The summed E-state index contributed by atoms with van der Waals surface area (Å²) in [6.45, 7) is 6.45. The minimum atomic E-state index is -1.13. The summed E-state index contributed by atoms with van der Waals surface area (Å²) in [6.07, 6.45) is 3.61. The zero-order valence-corrected chi connectivity index (χ0v) is 14.1. The van der Waals surface area contributed by atoms with E-state index in [2.05, 4.69) is 36.4 Å². The van der Waals surface area contributed by atoms with Crippen LogP contribution in [0.3, 0.4) is 0 Å². The lowest BCUT2D eigenvalue weighted by Crippen LogP contribution is -2.13. The van der Waals surface area contributed by atoms with Crippen molar-refractivity contribution >= 4 is 17.6 Å². The summed E-state index contributed by atoms with van der Waals surface area (Å²) in [5, 5.41) is 19.1. The van der Waals surface area contributed by atoms with Crippen LogP contribution in [-0.2, 0) is 4.79 Å². The molecular weight excluding hydrogens is 308 g/mol. The maximum absolute atomic E-state index is 12.0. The highest BCUT2D eigenvalue weighted by Gasteiger charge is 2.12. The zero-order chi connectivity index (χ0) is 17.7. The molecule has 0 atom stereocenters. The van der Waals surface area contributed by atoms with Crippen molar-refractivity contribution < 1.29 is 14.7 Å². The molecule has 0 unspecified atom stereocenters. The smallest absolute Gasteiger partial charge is 0.358 e. The Balaban J connectivity index is 1.99. The molecule has 0 spiro atoms. The number of carboxylic acids is 1. The van der Waals surface area contributed by atoms with Gasteiger partial charge in [-0.15, -0.1) is 5.10 Å². The van der Waals surface area contributed by atoms with Crippen LogP contribution < -0.4 is 5.32 Å². The first-order valence-corrected chi connectivity index (χ1v) is 7.80. The third-order valence-electron chi connectivity index (χ3n) is 3.44. The van der Waals surface area contributed by atoms with E-state index in [1.54, 1.807) is 24.3 Å². The van der Waals surface area contributed by atoms with Crippen LogP contribution in [-0.4, -0.2) is 32.0 Å². The molecule has 0 saturated heterocycles. The lowest BCUT2D eigenvalue weighted by molar-refractivity contribution is -0.116. The maximum Gasteiger partial charge on any atom is 0.358 e. The Morgan fingerprint density at radius 1 is 1.29 bits per heavy atom. The first kappa shape index (κ1) is 17.7. The molecule has 24 heavy (non-hydrogen) atoms. The standard InChI is InChI=1S/C17H22N4O3/c1-17(2,3)9-5-8-15(22)18-12-6-4-7-13(10-12)21-11-14(16(23)24)19-20-21/h4,6-7,10-11H,5,8-9H2,1-3H3,(H,18,22)(H,23,24). The van der Waals surface area contributed by atoms with Crippen LogP contribution in [0.15, 0.2) is 30.5 Å². The van der Waals surface area contributed by atoms with Crippen molar-refractivity contribution in [1.29, 1.82) is 0 Å². The molecule has 7 nitrogen and oxygen atoms in total. The molecule has 1 heterocycles. The predicted octanol–water partition coefficient (Wildman–Crippen LogP) is 3.12. The van der Waals surface area contributed by atoms with Gasteiger partial charge in [0.05, 0.1) is 11.9 Å². The number of anilines is 1. The molecule has 128 valence electrons. The predicted molar refractivity (Wildman–Crippen MR) is 90.3 cm³/mol. The van der Waals surface area contributed by atoms with Crippen molar-refractivity contribution in [3.63, 3.8) is 0 Å². The summed E-state index contributed by atoms with van der Waals surface area (Å²) >= 11 is 0. The minimum absolute atomic E-state index is 0.0405. The van der Waals surface area contributed by atoms with E-state index in [0.29, 0.717) is 17.8 Å². The number of hydrogen-bond donors (Lipinski definition) is 2. The van der Waals surface area contributed by atoms with Crippen LogP contribution in [0, 0.1) is 5.41 Å². The van der Waals surface area contributed by atoms with E-state index in [4.69, 9.17) is 5.11 Å². The maximum atomic E-state index is 12.0. The average Bonchev–Trinajstić information content (AvgIpc) is 2.96. The van der Waals surface area contributed by atoms with E-state index in [1.807, 2.05) is 0 Å². The zero-order valence-electron chi connectivity index (χ0n) is 14.1. The van der Waals surface area contributed by atoms with Gasteiger partial charge in [-0.3, -0.25) is 4.79 Å². The van der Waals surface area contributed by atoms with Crippen LogP contribution in [0.2, 0.25) is 0 Å². The van der Waals surface area contributed by atoms with Gasteiger partial charge >= 0.3 is 5.97 Å². The van der Waals surface area contributed by atoms with Crippen LogP contribution in [0.25, 0.3) is 5.69 Å². The minimum Gasteiger partial charge on any atom is -0.476 e. The van der Waals surface area contributed by atoms with Crippen molar-refractivity contribution in [2.24, 2.45) is 5.41 Å². The van der Waals surface area contributed by atoms with Crippen molar-refractivity contribution in [2.45, 2.75) is 40.0 Å². The Bertz CT molecular complexity index is 731. The van der Waals surface area contributed by atoms with Gasteiger partial charge in [0.2, 0.25) is 5.91 Å². The Morgan fingerprint density at radius 2 is 2.04 bits per heavy atom. The van der Waals surface area contributed by atoms with Gasteiger partial charge in [-0.05, 0) is 36.5 Å². The van der Waals surface area contributed by atoms with E-state index >= 15 is 0 Å². The summed E-state index contributed by atoms with van der Waals surface area (Å²) in [5.41, 5.74) is 1.35. The van der Waals surface area contributed by atoms with Gasteiger partial charge in [-0.2, -0.15) is 0 Å². The van der Waals surface area contributed by atoms with Crippen LogP contribution >= 0.6 is 0 Å². The number of aromatic carboxylic acids is 1. The number of amides is 1. The third-order valence-corrected chi connectivity index (χ3v) is 3.44. The van der Waals surface area contributed by atoms with Crippen molar-refractivity contribution in [2.75, 3.05) is 5.32 Å². The Labute approximate surface area is 140 Å². The van der Waals surface area contributed by atoms with Crippen LogP contribution in [0.4, 0.5) is 5.69 Å². The first-order valence-electron chi connectivity index (χ1n) is 7.80. The van der Waals surface area contributed by atoms with Crippen LogP contribution in [0.5, 0.6) is 0 Å². The Morgan fingerprint density at radius 3 is 2.67 bits per heavy atom. The van der Waals surface area contributed by atoms with Crippen molar-refractivity contribution in [3.8, 4) is 5.69 Å². The number of carboxylic acid groups (broad SMARTS) is 1. The SMILES string of the molecule is CC(C)(C)CCCC(=O)Nc1cccc(-n2cc(C(=O)O)nn2)c1. The van der Waals surface area contributed by atoms with Gasteiger partial charge in [0.1, 0.15) is 0 Å². The molecule has 0 aliphatic heterocycles. The van der Waals surface area contributed by atoms with E-state index in [0.717, 1.165) is 12.8 Å². The number of benzene rings is 1. The summed E-state index contributed by atoms with van der Waals surface area (Å²) in [4.78, 5) is 22.9. The summed E-state index contributed by atoms with van der Waals surface area (Å²) in [6, 6.07) is 7.03. The first-order chi connectivity index (χ1) is 11.2. The normalized spacial score (nSPS) is 11.3. The fourth-order valence-corrected chi connectivity index (χ4v) is 2.22. The van der Waals surface area contributed by atoms with Gasteiger partial charge in [-0.25, -0.2) is 9.48 Å². The van der Waals surface area contributed by atoms with E-state index in [9.17, 15) is 9.59 Å².